The van der Waals surface area contributed by atoms with E-state index >= 15 is 0 Å². The van der Waals surface area contributed by atoms with Crippen LogP contribution in [0.1, 0.15) is 19.3 Å². The summed E-state index contributed by atoms with van der Waals surface area (Å²) in [5, 5.41) is 22.6. The number of carbonyl (C=O) groups excluding carboxylic acids is 2. The van der Waals surface area contributed by atoms with E-state index in [1.54, 1.807) is 0 Å². The maximum Gasteiger partial charge on any atom is 0.326 e. The van der Waals surface area contributed by atoms with Gasteiger partial charge in [0.1, 0.15) is 18.3 Å². The van der Waals surface area contributed by atoms with E-state index in [1.807, 2.05) is 0 Å². The highest BCUT2D eigenvalue weighted by Gasteiger charge is 2.33. The molecule has 0 saturated heterocycles. The molecule has 1 aliphatic carbocycles. The van der Waals surface area contributed by atoms with Crippen LogP contribution in [0.25, 0.3) is 0 Å². The highest BCUT2D eigenvalue weighted by molar-refractivity contribution is 6.02. The number of amides is 2. The average Bonchev–Trinajstić information content (AvgIpc) is 3.40. The Bertz CT molecular complexity index is 775. The monoisotopic (exact) mass is 363 g/mol. The minimum Gasteiger partial charge on any atom is -0.482 e. The molecule has 1 fully saturated rings. The van der Waals surface area contributed by atoms with Crippen molar-refractivity contribution >= 4 is 29.2 Å². The van der Waals surface area contributed by atoms with Crippen LogP contribution < -0.4 is 15.0 Å². The molecular weight excluding hydrogens is 346 g/mol. The Balaban J connectivity index is 1.75. The lowest BCUT2D eigenvalue weighted by Gasteiger charge is -2.29. The summed E-state index contributed by atoms with van der Waals surface area (Å²) in [6.45, 7) is -0.743. The maximum atomic E-state index is 12.3. The second-order valence-electron chi connectivity index (χ2n) is 6.32. The molecular formula is C16H17N3O7. The highest BCUT2D eigenvalue weighted by atomic mass is 16.6. The average molecular weight is 363 g/mol. The number of non-ortho nitro benzene ring substituents is 1. The molecule has 10 nitrogen and oxygen atoms in total. The molecule has 2 amide bonds. The smallest absolute Gasteiger partial charge is 0.326 e. The fraction of sp³-hybridized carbons (Fsp3) is 0.438. The van der Waals surface area contributed by atoms with Gasteiger partial charge in [0.25, 0.3) is 11.6 Å². The lowest BCUT2D eigenvalue weighted by Crippen LogP contribution is -2.49. The van der Waals surface area contributed by atoms with Gasteiger partial charge in [-0.1, -0.05) is 12.8 Å². The van der Waals surface area contributed by atoms with E-state index in [0.717, 1.165) is 23.8 Å². The number of nitro benzene ring substituents is 1. The molecule has 3 rings (SSSR count). The van der Waals surface area contributed by atoms with Crippen molar-refractivity contribution in [3.8, 4) is 5.75 Å². The zero-order valence-electron chi connectivity index (χ0n) is 13.7. The lowest BCUT2D eigenvalue weighted by molar-refractivity contribution is -0.384. The number of carboxylic acid groups (broad SMARTS) is 1. The number of carboxylic acids is 1. The fourth-order valence-electron chi connectivity index (χ4n) is 2.77. The second kappa shape index (κ2) is 6.98. The molecule has 0 spiro atoms. The minimum atomic E-state index is -1.13. The summed E-state index contributed by atoms with van der Waals surface area (Å²) < 4.78 is 5.22. The Labute approximate surface area is 147 Å². The van der Waals surface area contributed by atoms with Gasteiger partial charge < -0.3 is 15.2 Å². The summed E-state index contributed by atoms with van der Waals surface area (Å²) in [6, 6.07) is 2.73. The topological polar surface area (TPSA) is 139 Å². The highest BCUT2D eigenvalue weighted by Crippen LogP contribution is 2.35. The summed E-state index contributed by atoms with van der Waals surface area (Å²) >= 11 is 0. The number of anilines is 1. The molecule has 1 saturated carbocycles. The molecule has 2 N–H and O–H groups in total. The van der Waals surface area contributed by atoms with E-state index in [1.165, 1.54) is 12.1 Å². The van der Waals surface area contributed by atoms with Gasteiger partial charge in [0.05, 0.1) is 10.6 Å². The number of nitrogens with one attached hydrogen (secondary N) is 1. The van der Waals surface area contributed by atoms with Gasteiger partial charge in [-0.15, -0.1) is 0 Å². The van der Waals surface area contributed by atoms with Gasteiger partial charge in [0.15, 0.2) is 6.61 Å². The first-order valence-electron chi connectivity index (χ1n) is 8.09. The van der Waals surface area contributed by atoms with Crippen molar-refractivity contribution in [1.82, 2.24) is 5.32 Å². The number of aliphatic carboxylic acids is 1. The van der Waals surface area contributed by atoms with Crippen LogP contribution >= 0.6 is 0 Å². The standard InChI is InChI=1S/C16H17N3O7/c20-14(17-11(16(22)23)5-9-1-2-9)7-18-12-6-10(19(24)25)3-4-13(12)26-8-15(18)21/h3-4,6,9,11H,1-2,5,7-8H2,(H,17,20)(H,22,23). The van der Waals surface area contributed by atoms with Crippen molar-refractivity contribution in [3.05, 3.63) is 28.3 Å². The van der Waals surface area contributed by atoms with Crippen LogP contribution in [0.15, 0.2) is 18.2 Å². The first-order valence-corrected chi connectivity index (χ1v) is 8.09. The molecule has 0 bridgehead atoms. The quantitative estimate of drug-likeness (QED) is 0.536. The van der Waals surface area contributed by atoms with Crippen molar-refractivity contribution in [2.45, 2.75) is 25.3 Å². The number of ether oxygens (including phenoxy) is 1. The van der Waals surface area contributed by atoms with Crippen molar-refractivity contribution in [2.75, 3.05) is 18.1 Å². The van der Waals surface area contributed by atoms with Crippen molar-refractivity contribution in [3.63, 3.8) is 0 Å². The second-order valence-corrected chi connectivity index (χ2v) is 6.32. The van der Waals surface area contributed by atoms with Gasteiger partial charge in [0, 0.05) is 12.1 Å². The largest absolute Gasteiger partial charge is 0.482 e. The molecule has 2 aliphatic rings. The third-order valence-electron chi connectivity index (χ3n) is 4.30. The normalized spacial score (nSPS) is 17.1. The predicted molar refractivity (Wildman–Crippen MR) is 87.9 cm³/mol. The Morgan fingerprint density at radius 1 is 1.42 bits per heavy atom. The number of carbonyl (C=O) groups is 3. The number of benzene rings is 1. The summed E-state index contributed by atoms with van der Waals surface area (Å²) in [7, 11) is 0. The third kappa shape index (κ3) is 3.90. The van der Waals surface area contributed by atoms with Gasteiger partial charge in [-0.25, -0.2) is 4.79 Å². The molecule has 138 valence electrons. The number of nitro groups is 1. The van der Waals surface area contributed by atoms with E-state index in [4.69, 9.17) is 4.74 Å². The fourth-order valence-corrected chi connectivity index (χ4v) is 2.77. The minimum absolute atomic E-state index is 0.111. The van der Waals surface area contributed by atoms with Gasteiger partial charge in [-0.05, 0) is 18.4 Å². The lowest BCUT2D eigenvalue weighted by atomic mass is 10.1. The van der Waals surface area contributed by atoms with Crippen molar-refractivity contribution < 1.29 is 29.2 Å². The molecule has 10 heteroatoms. The van der Waals surface area contributed by atoms with Crippen LogP contribution in [-0.2, 0) is 14.4 Å². The molecule has 1 aromatic carbocycles. The van der Waals surface area contributed by atoms with Gasteiger partial charge in [-0.2, -0.15) is 0 Å². The maximum absolute atomic E-state index is 12.3. The number of hydrogen-bond acceptors (Lipinski definition) is 6. The predicted octanol–water partition coefficient (Wildman–Crippen LogP) is 0.690. The molecule has 1 unspecified atom stereocenters. The van der Waals surface area contributed by atoms with Gasteiger partial charge >= 0.3 is 5.97 Å². The van der Waals surface area contributed by atoms with Crippen molar-refractivity contribution in [1.29, 1.82) is 0 Å². The molecule has 0 radical (unpaired) electrons. The Kier molecular flexibility index (Phi) is 4.74. The molecule has 1 heterocycles. The molecule has 1 aliphatic heterocycles. The summed E-state index contributed by atoms with van der Waals surface area (Å²) in [5.74, 6) is -1.77. The van der Waals surface area contributed by atoms with Crippen LogP contribution in [0, 0.1) is 16.0 Å². The zero-order chi connectivity index (χ0) is 18.8. The zero-order valence-corrected chi connectivity index (χ0v) is 13.7. The van der Waals surface area contributed by atoms with E-state index in [0.29, 0.717) is 12.3 Å². The number of rotatable bonds is 7. The van der Waals surface area contributed by atoms with Crippen LogP contribution in [0.3, 0.4) is 0 Å². The van der Waals surface area contributed by atoms with Crippen LogP contribution in [0.2, 0.25) is 0 Å². The summed E-state index contributed by atoms with van der Waals surface area (Å²) in [6.07, 6.45) is 2.23. The number of fused-ring (bicyclic) bond motifs is 1. The van der Waals surface area contributed by atoms with Gasteiger partial charge in [-0.3, -0.25) is 24.6 Å². The number of nitrogens with zero attached hydrogens (tertiary/aromatic N) is 2. The van der Waals surface area contributed by atoms with E-state index in [2.05, 4.69) is 5.32 Å². The van der Waals surface area contributed by atoms with E-state index in [9.17, 15) is 29.6 Å². The Hall–Kier alpha value is -3.17. The molecule has 1 atom stereocenters. The van der Waals surface area contributed by atoms with E-state index < -0.39 is 35.3 Å². The third-order valence-corrected chi connectivity index (χ3v) is 4.30. The van der Waals surface area contributed by atoms with Gasteiger partial charge in [0.2, 0.25) is 5.91 Å². The first-order chi connectivity index (χ1) is 12.3. The number of hydrogen-bond donors (Lipinski definition) is 2. The van der Waals surface area contributed by atoms with Crippen LogP contribution in [-0.4, -0.2) is 47.0 Å². The Morgan fingerprint density at radius 3 is 2.77 bits per heavy atom. The van der Waals surface area contributed by atoms with E-state index in [-0.39, 0.29) is 23.7 Å². The SMILES string of the molecule is O=C(CN1C(=O)COc2ccc([N+](=O)[O-])cc21)NC(CC1CC1)C(=O)O. The van der Waals surface area contributed by atoms with Crippen molar-refractivity contribution in [2.24, 2.45) is 5.92 Å². The summed E-state index contributed by atoms with van der Waals surface area (Å²) in [4.78, 5) is 47.0. The molecule has 1 aromatic rings. The summed E-state index contributed by atoms with van der Waals surface area (Å²) in [5.41, 5.74) is -0.135. The molecule has 0 aromatic heterocycles. The van der Waals surface area contributed by atoms with Crippen LogP contribution in [0.5, 0.6) is 5.75 Å². The Morgan fingerprint density at radius 2 is 2.15 bits per heavy atom. The van der Waals surface area contributed by atoms with Crippen LogP contribution in [0.4, 0.5) is 11.4 Å². The molecule has 26 heavy (non-hydrogen) atoms. The first kappa shape index (κ1) is 17.6.